The van der Waals surface area contributed by atoms with Gasteiger partial charge in [0.2, 0.25) is 0 Å². The number of thiocarbonyl (C=S) groups is 1. The predicted octanol–water partition coefficient (Wildman–Crippen LogP) is 3.10. The topological polar surface area (TPSA) is 50.8 Å². The number of hydrogen-bond acceptors (Lipinski definition) is 4. The summed E-state index contributed by atoms with van der Waals surface area (Å²) in [5.74, 6) is -0.340. The summed E-state index contributed by atoms with van der Waals surface area (Å²) in [6, 6.07) is 7.77. The van der Waals surface area contributed by atoms with E-state index in [2.05, 4.69) is 5.32 Å². The van der Waals surface area contributed by atoms with E-state index < -0.39 is 0 Å². The maximum atomic E-state index is 12.4. The molecule has 0 amide bonds. The van der Waals surface area contributed by atoms with Gasteiger partial charge in [0.15, 0.2) is 5.11 Å². The fraction of sp³-hybridized carbons (Fsp3) is 0.474. The molecule has 1 aromatic rings. The Morgan fingerprint density at radius 3 is 2.56 bits per heavy atom. The molecule has 0 saturated carbocycles. The summed E-state index contributed by atoms with van der Waals surface area (Å²) < 4.78 is 10.4. The summed E-state index contributed by atoms with van der Waals surface area (Å²) >= 11 is 5.55. The number of nitrogens with zero attached hydrogens (tertiary/aromatic N) is 1. The van der Waals surface area contributed by atoms with E-state index in [0.717, 1.165) is 17.7 Å². The Hall–Kier alpha value is -1.92. The minimum Gasteiger partial charge on any atom is -0.466 e. The van der Waals surface area contributed by atoms with Crippen LogP contribution in [-0.2, 0) is 14.3 Å². The lowest BCUT2D eigenvalue weighted by molar-refractivity contribution is -0.136. The zero-order valence-corrected chi connectivity index (χ0v) is 16.1. The normalized spacial score (nSPS) is 17.5. The van der Waals surface area contributed by atoms with Gasteiger partial charge >= 0.3 is 5.97 Å². The van der Waals surface area contributed by atoms with Crippen molar-refractivity contribution in [2.45, 2.75) is 33.2 Å². The van der Waals surface area contributed by atoms with Crippen molar-refractivity contribution in [2.75, 3.05) is 26.9 Å². The van der Waals surface area contributed by atoms with Crippen molar-refractivity contribution in [3.05, 3.63) is 46.7 Å². The molecular weight excluding hydrogens is 336 g/mol. The first kappa shape index (κ1) is 19.4. The molecular formula is C19H26N2O3S. The number of nitrogens with one attached hydrogen (secondary N) is 1. The van der Waals surface area contributed by atoms with Crippen LogP contribution in [0.2, 0.25) is 0 Å². The number of rotatable bonds is 7. The van der Waals surface area contributed by atoms with E-state index in [0.29, 0.717) is 30.4 Å². The van der Waals surface area contributed by atoms with E-state index in [4.69, 9.17) is 21.7 Å². The number of allylic oxidation sites excluding steroid dienone is 1. The number of hydrogen-bond donors (Lipinski definition) is 1. The highest BCUT2D eigenvalue weighted by atomic mass is 32.1. The molecule has 1 heterocycles. The highest BCUT2D eigenvalue weighted by Gasteiger charge is 2.34. The van der Waals surface area contributed by atoms with E-state index in [-0.39, 0.29) is 12.0 Å². The van der Waals surface area contributed by atoms with E-state index >= 15 is 0 Å². The summed E-state index contributed by atoms with van der Waals surface area (Å²) in [5, 5.41) is 3.91. The van der Waals surface area contributed by atoms with Crippen molar-refractivity contribution in [2.24, 2.45) is 0 Å². The van der Waals surface area contributed by atoms with Crippen LogP contribution in [0.5, 0.6) is 0 Å². The van der Waals surface area contributed by atoms with Gasteiger partial charge in [-0.15, -0.1) is 0 Å². The third-order valence-corrected chi connectivity index (χ3v) is 4.63. The lowest BCUT2D eigenvalue weighted by atomic mass is 9.94. The smallest absolute Gasteiger partial charge is 0.337 e. The number of benzene rings is 1. The molecule has 1 aliphatic rings. The van der Waals surface area contributed by atoms with E-state index in [1.165, 1.54) is 12.7 Å². The molecule has 2 rings (SSSR count). The van der Waals surface area contributed by atoms with Crippen molar-refractivity contribution >= 4 is 23.3 Å². The van der Waals surface area contributed by atoms with Crippen molar-refractivity contribution in [3.63, 3.8) is 0 Å². The summed E-state index contributed by atoms with van der Waals surface area (Å²) in [4.78, 5) is 14.4. The Morgan fingerprint density at radius 1 is 1.28 bits per heavy atom. The van der Waals surface area contributed by atoms with Gasteiger partial charge in [-0.2, -0.15) is 0 Å². The molecule has 0 fully saturated rings. The van der Waals surface area contributed by atoms with Crippen molar-refractivity contribution in [1.29, 1.82) is 0 Å². The maximum Gasteiger partial charge on any atom is 0.337 e. The van der Waals surface area contributed by atoms with Crippen LogP contribution in [0.25, 0.3) is 0 Å². The molecule has 1 aromatic carbocycles. The second-order valence-corrected chi connectivity index (χ2v) is 6.37. The number of esters is 1. The van der Waals surface area contributed by atoms with Crippen LogP contribution in [0, 0.1) is 6.92 Å². The molecule has 25 heavy (non-hydrogen) atoms. The minimum absolute atomic E-state index is 0.302. The summed E-state index contributed by atoms with van der Waals surface area (Å²) in [7, 11) is 1.40. The van der Waals surface area contributed by atoms with Gasteiger partial charge in [0.25, 0.3) is 0 Å². The molecule has 1 N–H and O–H groups in total. The second-order valence-electron chi connectivity index (χ2n) is 5.99. The van der Waals surface area contributed by atoms with Gasteiger partial charge in [0.05, 0.1) is 18.7 Å². The van der Waals surface area contributed by atoms with Gasteiger partial charge < -0.3 is 19.7 Å². The molecule has 6 heteroatoms. The lowest BCUT2D eigenvalue weighted by Crippen LogP contribution is -2.48. The van der Waals surface area contributed by atoms with E-state index in [9.17, 15) is 4.79 Å². The largest absolute Gasteiger partial charge is 0.466 e. The fourth-order valence-electron chi connectivity index (χ4n) is 2.90. The molecule has 0 aliphatic carbocycles. The Bertz CT molecular complexity index is 655. The van der Waals surface area contributed by atoms with Crippen LogP contribution in [0.1, 0.15) is 37.4 Å². The van der Waals surface area contributed by atoms with Crippen molar-refractivity contribution in [3.8, 4) is 0 Å². The third-order valence-electron chi connectivity index (χ3n) is 4.29. The van der Waals surface area contributed by atoms with Crippen LogP contribution in [0.3, 0.4) is 0 Å². The fourth-order valence-corrected chi connectivity index (χ4v) is 3.25. The summed E-state index contributed by atoms with van der Waals surface area (Å²) in [5.41, 5.74) is 3.58. The zero-order chi connectivity index (χ0) is 18.4. The minimum atomic E-state index is -0.340. The van der Waals surface area contributed by atoms with Gasteiger partial charge in [-0.3, -0.25) is 0 Å². The summed E-state index contributed by atoms with van der Waals surface area (Å²) in [6.45, 7) is 7.98. The average Bonchev–Trinajstić information content (AvgIpc) is 2.60. The van der Waals surface area contributed by atoms with Crippen LogP contribution >= 0.6 is 12.2 Å². The predicted molar refractivity (Wildman–Crippen MR) is 102 cm³/mol. The van der Waals surface area contributed by atoms with Crippen LogP contribution in [0.4, 0.5) is 0 Å². The second kappa shape index (κ2) is 8.97. The average molecular weight is 362 g/mol. The molecule has 0 bridgehead atoms. The molecule has 0 spiro atoms. The molecule has 5 nitrogen and oxygen atoms in total. The number of carbonyl (C=O) groups excluding carboxylic acids is 1. The number of carbonyl (C=O) groups is 1. The summed E-state index contributed by atoms with van der Waals surface area (Å²) in [6.07, 6.45) is 0.830. The van der Waals surface area contributed by atoms with E-state index in [1.807, 2.05) is 49.9 Å². The number of ether oxygens (including phenoxy) is 2. The Kier molecular flexibility index (Phi) is 6.96. The van der Waals surface area contributed by atoms with Gasteiger partial charge in [-0.05, 0) is 45.0 Å². The van der Waals surface area contributed by atoms with Gasteiger partial charge in [-0.1, -0.05) is 29.8 Å². The molecule has 0 aromatic heterocycles. The monoisotopic (exact) mass is 362 g/mol. The van der Waals surface area contributed by atoms with Crippen LogP contribution in [-0.4, -0.2) is 42.8 Å². The van der Waals surface area contributed by atoms with Crippen molar-refractivity contribution < 1.29 is 14.3 Å². The molecule has 136 valence electrons. The SMILES string of the molecule is CCOCCCN1C(=S)NC(c2ccc(C)cc2)C(C(=O)OC)=C1C. The Balaban J connectivity index is 2.32. The first-order valence-electron chi connectivity index (χ1n) is 8.51. The maximum absolute atomic E-state index is 12.4. The first-order chi connectivity index (χ1) is 12.0. The standard InChI is InChI=1S/C19H26N2O3S/c1-5-24-12-6-11-21-14(3)16(18(22)23-4)17(20-19(21)25)15-9-7-13(2)8-10-15/h7-10,17H,5-6,11-12H2,1-4H3,(H,20,25). The van der Waals surface area contributed by atoms with Crippen LogP contribution in [0.15, 0.2) is 35.5 Å². The van der Waals surface area contributed by atoms with Gasteiger partial charge in [0.1, 0.15) is 0 Å². The molecule has 1 aliphatic heterocycles. The van der Waals surface area contributed by atoms with Gasteiger partial charge in [0, 0.05) is 25.5 Å². The van der Waals surface area contributed by atoms with Gasteiger partial charge in [-0.25, -0.2) is 4.79 Å². The van der Waals surface area contributed by atoms with Crippen LogP contribution < -0.4 is 5.32 Å². The first-order valence-corrected chi connectivity index (χ1v) is 8.91. The Morgan fingerprint density at radius 2 is 1.96 bits per heavy atom. The molecule has 0 saturated heterocycles. The molecule has 0 radical (unpaired) electrons. The number of methoxy groups -OCH3 is 1. The van der Waals surface area contributed by atoms with E-state index in [1.54, 1.807) is 0 Å². The quantitative estimate of drug-likeness (QED) is 0.457. The molecule has 1 unspecified atom stereocenters. The number of aryl methyl sites for hydroxylation is 1. The lowest BCUT2D eigenvalue weighted by Gasteiger charge is -2.37. The highest BCUT2D eigenvalue weighted by Crippen LogP contribution is 2.31. The molecule has 1 atom stereocenters. The zero-order valence-electron chi connectivity index (χ0n) is 15.3. The van der Waals surface area contributed by atoms with Crippen molar-refractivity contribution in [1.82, 2.24) is 10.2 Å². The third kappa shape index (κ3) is 4.58. The highest BCUT2D eigenvalue weighted by molar-refractivity contribution is 7.80. The Labute approximate surface area is 155 Å².